The molecule has 3 nitrogen and oxygen atoms in total. The molecule has 1 N–H and O–H groups in total. The zero-order chi connectivity index (χ0) is 13.8. The molecule has 0 atom stereocenters. The number of methoxy groups -OCH3 is 2. The van der Waals surface area contributed by atoms with E-state index in [1.807, 2.05) is 0 Å². The minimum Gasteiger partial charge on any atom is -0.493 e. The van der Waals surface area contributed by atoms with E-state index in [1.165, 1.54) is 14.2 Å². The maximum absolute atomic E-state index is 12.9. The number of halogens is 3. The highest BCUT2D eigenvalue weighted by Crippen LogP contribution is 2.42. The van der Waals surface area contributed by atoms with E-state index < -0.39 is 11.7 Å². The highest BCUT2D eigenvalue weighted by atomic mass is 19.4. The van der Waals surface area contributed by atoms with Crippen LogP contribution in [0.25, 0.3) is 0 Å². The smallest absolute Gasteiger partial charge is 0.420 e. The van der Waals surface area contributed by atoms with E-state index in [4.69, 9.17) is 9.47 Å². The standard InChI is InChI=1S/C12H16F3NO2/c1-16-5-4-8-6-9(12(13,14)15)11(18-3)10(7-8)17-2/h6-7,16H,4-5H2,1-3H3. The van der Waals surface area contributed by atoms with Crippen LogP contribution in [-0.4, -0.2) is 27.8 Å². The first kappa shape index (κ1) is 14.6. The fourth-order valence-electron chi connectivity index (χ4n) is 1.65. The molecule has 0 aliphatic rings. The molecule has 0 spiro atoms. The number of likely N-dealkylation sites (N-methyl/N-ethyl adjacent to an activating group) is 1. The maximum atomic E-state index is 12.9. The average molecular weight is 263 g/mol. The average Bonchev–Trinajstić information content (AvgIpc) is 2.33. The van der Waals surface area contributed by atoms with E-state index in [2.05, 4.69) is 5.32 Å². The summed E-state index contributed by atoms with van der Waals surface area (Å²) in [6.45, 7) is 0.590. The molecule has 0 unspecified atom stereocenters. The van der Waals surface area contributed by atoms with Crippen LogP contribution in [0.4, 0.5) is 13.2 Å². The Morgan fingerprint density at radius 1 is 1.17 bits per heavy atom. The van der Waals surface area contributed by atoms with Gasteiger partial charge in [0.1, 0.15) is 5.56 Å². The van der Waals surface area contributed by atoms with E-state index in [9.17, 15) is 13.2 Å². The van der Waals surface area contributed by atoms with Gasteiger partial charge in [0.2, 0.25) is 0 Å². The van der Waals surface area contributed by atoms with E-state index in [1.54, 1.807) is 13.1 Å². The second kappa shape index (κ2) is 5.95. The summed E-state index contributed by atoms with van der Waals surface area (Å²) >= 11 is 0. The van der Waals surface area contributed by atoms with Crippen LogP contribution >= 0.6 is 0 Å². The second-order valence-corrected chi connectivity index (χ2v) is 3.73. The molecule has 102 valence electrons. The van der Waals surface area contributed by atoms with Crippen LogP contribution < -0.4 is 14.8 Å². The third-order valence-corrected chi connectivity index (χ3v) is 2.51. The van der Waals surface area contributed by atoms with Crippen LogP contribution in [0.1, 0.15) is 11.1 Å². The molecule has 0 aliphatic carbocycles. The van der Waals surface area contributed by atoms with Crippen molar-refractivity contribution >= 4 is 0 Å². The first-order valence-corrected chi connectivity index (χ1v) is 5.40. The van der Waals surface area contributed by atoms with E-state index in [0.717, 1.165) is 6.07 Å². The first-order chi connectivity index (χ1) is 8.43. The van der Waals surface area contributed by atoms with Crippen molar-refractivity contribution in [2.24, 2.45) is 0 Å². The van der Waals surface area contributed by atoms with Gasteiger partial charge in [-0.2, -0.15) is 13.2 Å². The van der Waals surface area contributed by atoms with E-state index in [0.29, 0.717) is 18.5 Å². The Kier molecular flexibility index (Phi) is 4.84. The zero-order valence-corrected chi connectivity index (χ0v) is 10.5. The number of nitrogens with one attached hydrogen (secondary N) is 1. The van der Waals surface area contributed by atoms with Gasteiger partial charge in [-0.1, -0.05) is 0 Å². The van der Waals surface area contributed by atoms with Gasteiger partial charge in [0.15, 0.2) is 11.5 Å². The highest BCUT2D eigenvalue weighted by Gasteiger charge is 2.36. The molecule has 1 aromatic carbocycles. The summed E-state index contributed by atoms with van der Waals surface area (Å²) in [5.41, 5.74) is -0.259. The molecule has 0 radical (unpaired) electrons. The normalized spacial score (nSPS) is 11.4. The predicted molar refractivity (Wildman–Crippen MR) is 62.2 cm³/mol. The summed E-state index contributed by atoms with van der Waals surface area (Å²) in [4.78, 5) is 0. The van der Waals surface area contributed by atoms with Gasteiger partial charge in [0.05, 0.1) is 14.2 Å². The van der Waals surface area contributed by atoms with Crippen LogP contribution in [0.15, 0.2) is 12.1 Å². The largest absolute Gasteiger partial charge is 0.493 e. The summed E-state index contributed by atoms with van der Waals surface area (Å²) in [6, 6.07) is 2.66. The fourth-order valence-corrected chi connectivity index (χ4v) is 1.65. The molecular weight excluding hydrogens is 247 g/mol. The number of rotatable bonds is 5. The van der Waals surface area contributed by atoms with Gasteiger partial charge >= 0.3 is 6.18 Å². The molecule has 0 fully saturated rings. The molecule has 0 saturated carbocycles. The lowest BCUT2D eigenvalue weighted by Crippen LogP contribution is -2.13. The Balaban J connectivity index is 3.27. The molecule has 0 heterocycles. The van der Waals surface area contributed by atoms with Crippen LogP contribution in [0.5, 0.6) is 11.5 Å². The van der Waals surface area contributed by atoms with Gasteiger partial charge in [0, 0.05) is 0 Å². The van der Waals surface area contributed by atoms with Crippen molar-refractivity contribution in [2.45, 2.75) is 12.6 Å². The number of alkyl halides is 3. The fraction of sp³-hybridized carbons (Fsp3) is 0.500. The lowest BCUT2D eigenvalue weighted by Gasteiger charge is -2.17. The maximum Gasteiger partial charge on any atom is 0.420 e. The minimum atomic E-state index is -4.46. The van der Waals surface area contributed by atoms with Crippen LogP contribution in [0.3, 0.4) is 0 Å². The molecule has 1 aromatic rings. The number of ether oxygens (including phenoxy) is 2. The van der Waals surface area contributed by atoms with Gasteiger partial charge in [-0.15, -0.1) is 0 Å². The lowest BCUT2D eigenvalue weighted by molar-refractivity contribution is -0.138. The second-order valence-electron chi connectivity index (χ2n) is 3.73. The van der Waals surface area contributed by atoms with Crippen LogP contribution in [0.2, 0.25) is 0 Å². The van der Waals surface area contributed by atoms with E-state index in [-0.39, 0.29) is 11.5 Å². The molecule has 0 bridgehead atoms. The minimum absolute atomic E-state index is 0.0958. The Hall–Kier alpha value is -1.43. The van der Waals surface area contributed by atoms with Gasteiger partial charge in [-0.05, 0) is 37.7 Å². The SMILES string of the molecule is CNCCc1cc(OC)c(OC)c(C(F)(F)F)c1. The number of hydrogen-bond acceptors (Lipinski definition) is 3. The van der Waals surface area contributed by atoms with Crippen molar-refractivity contribution in [3.05, 3.63) is 23.3 Å². The molecule has 1 rings (SSSR count). The number of hydrogen-bond donors (Lipinski definition) is 1. The van der Waals surface area contributed by atoms with Crippen LogP contribution in [0, 0.1) is 0 Å². The highest BCUT2D eigenvalue weighted by molar-refractivity contribution is 5.51. The number of benzene rings is 1. The van der Waals surface area contributed by atoms with Gasteiger partial charge in [0.25, 0.3) is 0 Å². The van der Waals surface area contributed by atoms with Crippen molar-refractivity contribution in [2.75, 3.05) is 27.8 Å². The third kappa shape index (κ3) is 3.29. The van der Waals surface area contributed by atoms with E-state index >= 15 is 0 Å². The summed E-state index contributed by atoms with van der Waals surface area (Å²) in [5, 5.41) is 2.89. The van der Waals surface area contributed by atoms with Crippen LogP contribution in [-0.2, 0) is 12.6 Å². The predicted octanol–water partition coefficient (Wildman–Crippen LogP) is 2.48. The Bertz CT molecular complexity index is 405. The zero-order valence-electron chi connectivity index (χ0n) is 10.5. The van der Waals surface area contributed by atoms with Crippen molar-refractivity contribution in [1.82, 2.24) is 5.32 Å². The van der Waals surface area contributed by atoms with Crippen molar-refractivity contribution in [3.63, 3.8) is 0 Å². The lowest BCUT2D eigenvalue weighted by atomic mass is 10.1. The molecular formula is C12H16F3NO2. The van der Waals surface area contributed by atoms with Crippen molar-refractivity contribution in [3.8, 4) is 11.5 Å². The summed E-state index contributed by atoms with van der Waals surface area (Å²) in [5.74, 6) is -0.184. The Morgan fingerprint density at radius 3 is 2.28 bits per heavy atom. The Labute approximate surface area is 104 Å². The van der Waals surface area contributed by atoms with Gasteiger partial charge in [-0.25, -0.2) is 0 Å². The van der Waals surface area contributed by atoms with Gasteiger partial charge < -0.3 is 14.8 Å². The van der Waals surface area contributed by atoms with Crippen molar-refractivity contribution < 1.29 is 22.6 Å². The quantitative estimate of drug-likeness (QED) is 0.885. The summed E-state index contributed by atoms with van der Waals surface area (Å²) in [7, 11) is 4.26. The third-order valence-electron chi connectivity index (χ3n) is 2.51. The molecule has 0 aromatic heterocycles. The molecule has 0 amide bonds. The summed E-state index contributed by atoms with van der Waals surface area (Å²) < 4.78 is 48.4. The topological polar surface area (TPSA) is 30.5 Å². The monoisotopic (exact) mass is 263 g/mol. The summed E-state index contributed by atoms with van der Waals surface area (Å²) in [6.07, 6.45) is -3.98. The molecule has 18 heavy (non-hydrogen) atoms. The van der Waals surface area contributed by atoms with Gasteiger partial charge in [-0.3, -0.25) is 0 Å². The van der Waals surface area contributed by atoms with Crippen molar-refractivity contribution in [1.29, 1.82) is 0 Å². The first-order valence-electron chi connectivity index (χ1n) is 5.40. The molecule has 0 aliphatic heterocycles. The Morgan fingerprint density at radius 2 is 1.83 bits per heavy atom. The molecule has 6 heteroatoms. The molecule has 0 saturated heterocycles.